The van der Waals surface area contributed by atoms with Crippen molar-refractivity contribution in [3.63, 3.8) is 0 Å². The lowest BCUT2D eigenvalue weighted by molar-refractivity contribution is 0.102. The minimum Gasteiger partial charge on any atom is -0.493 e. The predicted octanol–water partition coefficient (Wildman–Crippen LogP) is 4.36. The summed E-state index contributed by atoms with van der Waals surface area (Å²) in [7, 11) is 3.12. The van der Waals surface area contributed by atoms with Gasteiger partial charge in [-0.2, -0.15) is 0 Å². The number of carbonyl (C=O) groups is 1. The van der Waals surface area contributed by atoms with Crippen molar-refractivity contribution in [2.75, 3.05) is 31.4 Å². The monoisotopic (exact) mass is 396 g/mol. The second-order valence-electron chi connectivity index (χ2n) is 7.03. The summed E-state index contributed by atoms with van der Waals surface area (Å²) in [5.74, 6) is 1.31. The van der Waals surface area contributed by atoms with Crippen LogP contribution in [0.25, 0.3) is 0 Å². The third kappa shape index (κ3) is 5.70. The van der Waals surface area contributed by atoms with E-state index in [1.165, 1.54) is 31.3 Å². The van der Waals surface area contributed by atoms with Gasteiger partial charge in [-0.1, -0.05) is 11.6 Å². The highest BCUT2D eigenvalue weighted by Gasteiger charge is 2.13. The number of hydrogen-bond donors (Lipinski definition) is 2. The minimum atomic E-state index is -0.305. The van der Waals surface area contributed by atoms with E-state index in [2.05, 4.69) is 26.7 Å². The van der Waals surface area contributed by atoms with E-state index in [0.29, 0.717) is 28.8 Å². The van der Waals surface area contributed by atoms with Crippen LogP contribution in [0.1, 0.15) is 48.3 Å². The van der Waals surface area contributed by atoms with E-state index >= 15 is 0 Å². The Morgan fingerprint density at radius 1 is 1.10 bits per heavy atom. The number of anilines is 2. The van der Waals surface area contributed by atoms with Crippen molar-refractivity contribution < 1.29 is 14.3 Å². The highest BCUT2D eigenvalue weighted by atomic mass is 16.5. The van der Waals surface area contributed by atoms with Gasteiger partial charge in [-0.05, 0) is 57.2 Å². The van der Waals surface area contributed by atoms with E-state index in [1.807, 2.05) is 6.92 Å². The van der Waals surface area contributed by atoms with Gasteiger partial charge in [0.15, 0.2) is 11.5 Å². The SMILES string of the molecule is COc1ccc(NC(=O)c2cc(C)nc(NCCC3=CCCCC3)n2)cc1OC. The Bertz CT molecular complexity index is 896. The molecular formula is C22H28N4O3. The smallest absolute Gasteiger partial charge is 0.274 e. The number of nitrogens with zero attached hydrogens (tertiary/aromatic N) is 2. The van der Waals surface area contributed by atoms with Gasteiger partial charge in [0.1, 0.15) is 5.69 Å². The van der Waals surface area contributed by atoms with E-state index < -0.39 is 0 Å². The van der Waals surface area contributed by atoms with Crippen LogP contribution in [0.15, 0.2) is 35.9 Å². The van der Waals surface area contributed by atoms with Crippen LogP contribution < -0.4 is 20.1 Å². The maximum Gasteiger partial charge on any atom is 0.274 e. The van der Waals surface area contributed by atoms with Crippen LogP contribution in [0.2, 0.25) is 0 Å². The Kier molecular flexibility index (Phi) is 7.05. The zero-order valence-electron chi connectivity index (χ0n) is 17.2. The number of hydrogen-bond acceptors (Lipinski definition) is 6. The summed E-state index contributed by atoms with van der Waals surface area (Å²) < 4.78 is 10.5. The summed E-state index contributed by atoms with van der Waals surface area (Å²) in [5, 5.41) is 6.09. The molecule has 1 heterocycles. The molecule has 7 heteroatoms. The number of amides is 1. The molecule has 1 aliphatic rings. The first-order chi connectivity index (χ1) is 14.1. The van der Waals surface area contributed by atoms with Crippen LogP contribution in [0, 0.1) is 6.92 Å². The number of allylic oxidation sites excluding steroid dienone is 1. The van der Waals surface area contributed by atoms with E-state index in [1.54, 1.807) is 38.5 Å². The number of methoxy groups -OCH3 is 2. The molecule has 1 aliphatic carbocycles. The normalized spacial score (nSPS) is 13.4. The molecule has 0 saturated heterocycles. The van der Waals surface area contributed by atoms with Gasteiger partial charge in [-0.3, -0.25) is 4.79 Å². The van der Waals surface area contributed by atoms with E-state index in [9.17, 15) is 4.79 Å². The van der Waals surface area contributed by atoms with E-state index in [4.69, 9.17) is 9.47 Å². The van der Waals surface area contributed by atoms with Crippen LogP contribution in [0.5, 0.6) is 11.5 Å². The van der Waals surface area contributed by atoms with E-state index in [0.717, 1.165) is 18.7 Å². The number of nitrogens with one attached hydrogen (secondary N) is 2. The summed E-state index contributed by atoms with van der Waals surface area (Å²) in [5.41, 5.74) is 3.13. The van der Waals surface area contributed by atoms with Crippen LogP contribution in [-0.4, -0.2) is 36.6 Å². The first kappa shape index (κ1) is 20.6. The Balaban J connectivity index is 1.65. The molecule has 0 radical (unpaired) electrons. The molecule has 0 unspecified atom stereocenters. The number of benzene rings is 1. The molecule has 1 aromatic carbocycles. The fraction of sp³-hybridized carbons (Fsp3) is 0.409. The molecule has 1 aromatic heterocycles. The summed E-state index contributed by atoms with van der Waals surface area (Å²) in [6.07, 6.45) is 8.23. The first-order valence-corrected chi connectivity index (χ1v) is 9.90. The van der Waals surface area contributed by atoms with Crippen molar-refractivity contribution in [2.45, 2.75) is 39.0 Å². The summed E-state index contributed by atoms with van der Waals surface area (Å²) >= 11 is 0. The van der Waals surface area contributed by atoms with Crippen LogP contribution in [0.3, 0.4) is 0 Å². The van der Waals surface area contributed by atoms with Crippen molar-refractivity contribution in [3.8, 4) is 11.5 Å². The highest BCUT2D eigenvalue weighted by Crippen LogP contribution is 2.30. The highest BCUT2D eigenvalue weighted by molar-refractivity contribution is 6.03. The van der Waals surface area contributed by atoms with Crippen LogP contribution in [0.4, 0.5) is 11.6 Å². The van der Waals surface area contributed by atoms with Gasteiger partial charge >= 0.3 is 0 Å². The largest absolute Gasteiger partial charge is 0.493 e. The van der Waals surface area contributed by atoms with Gasteiger partial charge in [-0.25, -0.2) is 9.97 Å². The third-order valence-corrected chi connectivity index (χ3v) is 4.84. The maximum atomic E-state index is 12.7. The summed E-state index contributed by atoms with van der Waals surface area (Å²) in [6.45, 7) is 2.61. The molecule has 0 aliphatic heterocycles. The first-order valence-electron chi connectivity index (χ1n) is 9.90. The lowest BCUT2D eigenvalue weighted by atomic mass is 9.97. The average molecular weight is 396 g/mol. The fourth-order valence-electron chi connectivity index (χ4n) is 3.34. The number of carbonyl (C=O) groups excluding carboxylic acids is 1. The van der Waals surface area contributed by atoms with Gasteiger partial charge in [0.2, 0.25) is 5.95 Å². The molecule has 1 amide bonds. The zero-order chi connectivity index (χ0) is 20.6. The lowest BCUT2D eigenvalue weighted by Crippen LogP contribution is -2.16. The van der Waals surface area contributed by atoms with Crippen molar-refractivity contribution in [1.29, 1.82) is 0 Å². The second kappa shape index (κ2) is 9.91. The molecule has 0 atom stereocenters. The van der Waals surface area contributed by atoms with Crippen molar-refractivity contribution in [2.24, 2.45) is 0 Å². The van der Waals surface area contributed by atoms with Crippen LogP contribution in [-0.2, 0) is 0 Å². The Morgan fingerprint density at radius 3 is 2.66 bits per heavy atom. The standard InChI is InChI=1S/C22H28N4O3/c1-15-13-18(21(27)25-17-9-10-19(28-2)20(14-17)29-3)26-22(24-15)23-12-11-16-7-5-4-6-8-16/h7,9-10,13-14H,4-6,8,11-12H2,1-3H3,(H,25,27)(H,23,24,26). The molecule has 2 N–H and O–H groups in total. The Morgan fingerprint density at radius 2 is 1.93 bits per heavy atom. The average Bonchev–Trinajstić information content (AvgIpc) is 2.74. The molecule has 0 saturated carbocycles. The molecular weight excluding hydrogens is 368 g/mol. The number of rotatable bonds is 8. The quantitative estimate of drug-likeness (QED) is 0.645. The van der Waals surface area contributed by atoms with Gasteiger partial charge < -0.3 is 20.1 Å². The van der Waals surface area contributed by atoms with Gasteiger partial charge in [-0.15, -0.1) is 0 Å². The Hall–Kier alpha value is -3.09. The Labute approximate surface area is 171 Å². The minimum absolute atomic E-state index is 0.305. The predicted molar refractivity (Wildman–Crippen MR) is 114 cm³/mol. The molecule has 2 aromatic rings. The van der Waals surface area contributed by atoms with Gasteiger partial charge in [0.05, 0.1) is 14.2 Å². The zero-order valence-corrected chi connectivity index (χ0v) is 17.2. The van der Waals surface area contributed by atoms with Crippen molar-refractivity contribution in [1.82, 2.24) is 9.97 Å². The third-order valence-electron chi connectivity index (χ3n) is 4.84. The molecule has 0 spiro atoms. The molecule has 29 heavy (non-hydrogen) atoms. The molecule has 3 rings (SSSR count). The van der Waals surface area contributed by atoms with E-state index in [-0.39, 0.29) is 5.91 Å². The number of ether oxygens (including phenoxy) is 2. The lowest BCUT2D eigenvalue weighted by Gasteiger charge is -2.13. The molecule has 7 nitrogen and oxygen atoms in total. The molecule has 0 fully saturated rings. The van der Waals surface area contributed by atoms with Gasteiger partial charge in [0.25, 0.3) is 5.91 Å². The molecule has 154 valence electrons. The summed E-state index contributed by atoms with van der Waals surface area (Å²) in [6, 6.07) is 6.88. The van der Waals surface area contributed by atoms with Crippen LogP contribution >= 0.6 is 0 Å². The molecule has 0 bridgehead atoms. The summed E-state index contributed by atoms with van der Waals surface area (Å²) in [4.78, 5) is 21.5. The number of aryl methyl sites for hydroxylation is 1. The van der Waals surface area contributed by atoms with Crippen molar-refractivity contribution >= 4 is 17.5 Å². The van der Waals surface area contributed by atoms with Crippen molar-refractivity contribution in [3.05, 3.63) is 47.3 Å². The number of aromatic nitrogens is 2. The fourth-order valence-corrected chi connectivity index (χ4v) is 3.34. The second-order valence-corrected chi connectivity index (χ2v) is 7.03. The van der Waals surface area contributed by atoms with Gasteiger partial charge in [0, 0.05) is 24.0 Å². The topological polar surface area (TPSA) is 85.4 Å². The maximum absolute atomic E-state index is 12.7.